The van der Waals surface area contributed by atoms with Crippen LogP contribution in [0.4, 0.5) is 11.4 Å². The van der Waals surface area contributed by atoms with Gasteiger partial charge in [-0.1, -0.05) is 45.9 Å². The fraction of sp³-hybridized carbons (Fsp3) is 0.429. The van der Waals surface area contributed by atoms with Gasteiger partial charge in [0.15, 0.2) is 0 Å². The highest BCUT2D eigenvalue weighted by Crippen LogP contribution is 2.49. The van der Waals surface area contributed by atoms with Crippen molar-refractivity contribution in [2.75, 3.05) is 4.90 Å². The van der Waals surface area contributed by atoms with Gasteiger partial charge in [0.05, 0.1) is 21.2 Å². The average molecular weight is 358 g/mol. The minimum absolute atomic E-state index is 0.162. The third-order valence-electron chi connectivity index (χ3n) is 4.87. The van der Waals surface area contributed by atoms with Gasteiger partial charge < -0.3 is 4.90 Å². The smallest absolute Gasteiger partial charge is 0.210 e. The molecule has 1 heterocycles. The molecule has 0 saturated carbocycles. The largest absolute Gasteiger partial charge is 0.337 e. The SMILES string of the molecule is CC(C)c1ccc2c(c1C(C)C)N(C(C)C)c1ccccc1S2(=O)=O. The van der Waals surface area contributed by atoms with Gasteiger partial charge in [-0.05, 0) is 55.0 Å². The third-order valence-corrected chi connectivity index (χ3v) is 6.71. The number of hydrogen-bond donors (Lipinski definition) is 0. The summed E-state index contributed by atoms with van der Waals surface area (Å²) in [6, 6.07) is 11.3. The molecular weight excluding hydrogens is 330 g/mol. The van der Waals surface area contributed by atoms with E-state index in [9.17, 15) is 8.42 Å². The molecule has 4 heteroatoms. The second kappa shape index (κ2) is 6.17. The first-order valence-corrected chi connectivity index (χ1v) is 10.5. The predicted molar refractivity (Wildman–Crippen MR) is 104 cm³/mol. The Balaban J connectivity index is 2.48. The summed E-state index contributed by atoms with van der Waals surface area (Å²) in [7, 11) is -3.51. The molecule has 0 amide bonds. The highest BCUT2D eigenvalue weighted by atomic mass is 32.2. The molecule has 0 radical (unpaired) electrons. The molecule has 0 aromatic heterocycles. The van der Waals surface area contributed by atoms with Crippen molar-refractivity contribution in [3.8, 4) is 0 Å². The van der Waals surface area contributed by atoms with Gasteiger partial charge in [-0.15, -0.1) is 0 Å². The van der Waals surface area contributed by atoms with Crippen LogP contribution in [0.3, 0.4) is 0 Å². The van der Waals surface area contributed by atoms with Crippen LogP contribution in [0.2, 0.25) is 0 Å². The van der Waals surface area contributed by atoms with Gasteiger partial charge in [0, 0.05) is 6.04 Å². The zero-order valence-electron chi connectivity index (χ0n) is 15.9. The van der Waals surface area contributed by atoms with E-state index >= 15 is 0 Å². The molecule has 25 heavy (non-hydrogen) atoms. The topological polar surface area (TPSA) is 37.4 Å². The van der Waals surface area contributed by atoms with Crippen molar-refractivity contribution in [1.82, 2.24) is 0 Å². The van der Waals surface area contributed by atoms with Crippen LogP contribution in [0.1, 0.15) is 64.5 Å². The number of fused-ring (bicyclic) bond motifs is 2. The van der Waals surface area contributed by atoms with Gasteiger partial charge in [0.1, 0.15) is 0 Å². The molecule has 0 N–H and O–H groups in total. The van der Waals surface area contributed by atoms with Gasteiger partial charge in [0.2, 0.25) is 9.84 Å². The number of benzene rings is 2. The lowest BCUT2D eigenvalue weighted by atomic mass is 9.88. The second-order valence-corrected chi connectivity index (χ2v) is 9.55. The van der Waals surface area contributed by atoms with Crippen LogP contribution in [-0.4, -0.2) is 14.5 Å². The summed E-state index contributed by atoms with van der Waals surface area (Å²) in [5.74, 6) is 0.589. The fourth-order valence-electron chi connectivity index (χ4n) is 3.84. The third kappa shape index (κ3) is 2.67. The molecule has 1 aliphatic rings. The Kier molecular flexibility index (Phi) is 4.44. The lowest BCUT2D eigenvalue weighted by Gasteiger charge is -2.39. The van der Waals surface area contributed by atoms with E-state index < -0.39 is 9.84 Å². The van der Waals surface area contributed by atoms with Crippen molar-refractivity contribution in [3.63, 3.8) is 0 Å². The first-order valence-electron chi connectivity index (χ1n) is 8.98. The number of para-hydroxylation sites is 1. The van der Waals surface area contributed by atoms with Crippen molar-refractivity contribution in [3.05, 3.63) is 47.5 Å². The van der Waals surface area contributed by atoms with Crippen molar-refractivity contribution < 1.29 is 8.42 Å². The first-order chi connectivity index (χ1) is 11.7. The molecule has 0 unspecified atom stereocenters. The Hall–Kier alpha value is -1.81. The van der Waals surface area contributed by atoms with E-state index in [0.29, 0.717) is 15.7 Å². The van der Waals surface area contributed by atoms with Crippen LogP contribution in [0.5, 0.6) is 0 Å². The van der Waals surface area contributed by atoms with Crippen LogP contribution in [0, 0.1) is 0 Å². The predicted octanol–water partition coefficient (Wildman–Crippen LogP) is 5.63. The van der Waals surface area contributed by atoms with E-state index in [4.69, 9.17) is 0 Å². The van der Waals surface area contributed by atoms with Crippen LogP contribution >= 0.6 is 0 Å². The summed E-state index contributed by atoms with van der Waals surface area (Å²) < 4.78 is 26.6. The summed E-state index contributed by atoms with van der Waals surface area (Å²) in [6.45, 7) is 12.9. The van der Waals surface area contributed by atoms with Crippen molar-refractivity contribution in [2.24, 2.45) is 0 Å². The normalized spacial score (nSPS) is 15.6. The Bertz CT molecular complexity index is 911. The minimum atomic E-state index is -3.51. The minimum Gasteiger partial charge on any atom is -0.337 e. The zero-order valence-corrected chi connectivity index (χ0v) is 16.7. The van der Waals surface area contributed by atoms with Gasteiger partial charge >= 0.3 is 0 Å². The maximum atomic E-state index is 13.3. The van der Waals surface area contributed by atoms with Crippen molar-refractivity contribution in [1.29, 1.82) is 0 Å². The lowest BCUT2D eigenvalue weighted by molar-refractivity contribution is 0.591. The van der Waals surface area contributed by atoms with E-state index in [-0.39, 0.29) is 12.0 Å². The Labute approximate surface area is 151 Å². The molecule has 2 aromatic carbocycles. The number of rotatable bonds is 3. The van der Waals surface area contributed by atoms with E-state index in [2.05, 4.69) is 46.4 Å². The number of sulfone groups is 1. The molecule has 0 fully saturated rings. The highest BCUT2D eigenvalue weighted by molar-refractivity contribution is 7.92. The maximum absolute atomic E-state index is 13.3. The Morgan fingerprint density at radius 3 is 2.00 bits per heavy atom. The highest BCUT2D eigenvalue weighted by Gasteiger charge is 2.37. The molecule has 134 valence electrons. The number of hydrogen-bond acceptors (Lipinski definition) is 3. The van der Waals surface area contributed by atoms with Gasteiger partial charge in [-0.25, -0.2) is 8.42 Å². The summed E-state index contributed by atoms with van der Waals surface area (Å²) >= 11 is 0. The maximum Gasteiger partial charge on any atom is 0.210 e. The average Bonchev–Trinajstić information content (AvgIpc) is 2.53. The Morgan fingerprint density at radius 1 is 0.800 bits per heavy atom. The zero-order chi connectivity index (χ0) is 18.5. The molecule has 0 aliphatic carbocycles. The molecule has 0 spiro atoms. The van der Waals surface area contributed by atoms with Gasteiger partial charge in [-0.2, -0.15) is 0 Å². The van der Waals surface area contributed by atoms with Crippen LogP contribution in [-0.2, 0) is 9.84 Å². The number of anilines is 2. The van der Waals surface area contributed by atoms with Crippen LogP contribution < -0.4 is 4.90 Å². The van der Waals surface area contributed by atoms with Crippen molar-refractivity contribution >= 4 is 21.2 Å². The summed E-state index contributed by atoms with van der Waals surface area (Å²) in [6.07, 6.45) is 0. The standard InChI is InChI=1S/C21H27NO2S/c1-13(2)16-11-12-19-21(20(16)14(3)4)22(15(5)6)17-9-7-8-10-18(17)25(19,23)24/h7-15H,1-6H3. The molecule has 0 bridgehead atoms. The Morgan fingerprint density at radius 2 is 1.44 bits per heavy atom. The monoisotopic (exact) mass is 357 g/mol. The van der Waals surface area contributed by atoms with Crippen LogP contribution in [0.25, 0.3) is 0 Å². The molecule has 3 nitrogen and oxygen atoms in total. The number of nitrogens with zero attached hydrogens (tertiary/aromatic N) is 1. The van der Waals surface area contributed by atoms with E-state index in [1.165, 1.54) is 5.56 Å². The fourth-order valence-corrected chi connectivity index (χ4v) is 5.48. The molecule has 1 aliphatic heterocycles. The van der Waals surface area contributed by atoms with E-state index in [0.717, 1.165) is 16.9 Å². The van der Waals surface area contributed by atoms with Gasteiger partial charge in [0.25, 0.3) is 0 Å². The summed E-state index contributed by atoms with van der Waals surface area (Å²) in [4.78, 5) is 3.05. The first kappa shape index (κ1) is 18.0. The molecule has 0 saturated heterocycles. The van der Waals surface area contributed by atoms with Crippen LogP contribution in [0.15, 0.2) is 46.2 Å². The van der Waals surface area contributed by atoms with E-state index in [1.54, 1.807) is 18.2 Å². The molecular formula is C21H27NO2S. The molecule has 2 aromatic rings. The molecule has 0 atom stereocenters. The van der Waals surface area contributed by atoms with Crippen molar-refractivity contribution in [2.45, 2.75) is 69.2 Å². The van der Waals surface area contributed by atoms with E-state index in [1.807, 2.05) is 18.2 Å². The summed E-state index contributed by atoms with van der Waals surface area (Å²) in [5.41, 5.74) is 4.04. The lowest BCUT2D eigenvalue weighted by Crippen LogP contribution is -2.33. The van der Waals surface area contributed by atoms with Gasteiger partial charge in [-0.3, -0.25) is 0 Å². The quantitative estimate of drug-likeness (QED) is 0.715. The molecule has 3 rings (SSSR count). The second-order valence-electron chi connectivity index (χ2n) is 7.66. The summed E-state index contributed by atoms with van der Waals surface area (Å²) in [5, 5.41) is 0.